The highest BCUT2D eigenvalue weighted by Gasteiger charge is 2.19. The van der Waals surface area contributed by atoms with Gasteiger partial charge in [-0.1, -0.05) is 23.7 Å². The molecule has 1 heterocycles. The zero-order chi connectivity index (χ0) is 19.2. The number of likely N-dealkylation sites (tertiary alicyclic amines) is 1. The van der Waals surface area contributed by atoms with Gasteiger partial charge in [0.05, 0.1) is 6.42 Å². The molecule has 2 aromatic carbocycles. The van der Waals surface area contributed by atoms with Gasteiger partial charge in [-0.15, -0.1) is 0 Å². The molecule has 1 aliphatic heterocycles. The van der Waals surface area contributed by atoms with Crippen LogP contribution in [0.15, 0.2) is 48.5 Å². The van der Waals surface area contributed by atoms with Gasteiger partial charge in [0.25, 0.3) is 5.91 Å². The van der Waals surface area contributed by atoms with Crippen molar-refractivity contribution >= 4 is 46.4 Å². The summed E-state index contributed by atoms with van der Waals surface area (Å²) in [6.45, 7) is 1.64. The number of nitrogens with zero attached hydrogens (tertiary/aromatic N) is 1. The number of thiocarbonyl (C=S) groups is 1. The topological polar surface area (TPSA) is 61.4 Å². The lowest BCUT2D eigenvalue weighted by atomic mass is 10.1. The molecule has 1 fully saturated rings. The van der Waals surface area contributed by atoms with Gasteiger partial charge in [0, 0.05) is 29.4 Å². The molecule has 0 spiro atoms. The molecular weight excluding hydrogens is 382 g/mol. The summed E-state index contributed by atoms with van der Waals surface area (Å²) in [6, 6.07) is 14.2. The monoisotopic (exact) mass is 401 g/mol. The third kappa shape index (κ3) is 5.52. The number of carbonyl (C=O) groups is 2. The first kappa shape index (κ1) is 19.3. The third-order valence-electron chi connectivity index (χ3n) is 4.31. The van der Waals surface area contributed by atoms with E-state index in [1.807, 2.05) is 4.90 Å². The van der Waals surface area contributed by atoms with Crippen molar-refractivity contribution in [2.45, 2.75) is 19.3 Å². The average Bonchev–Trinajstić information content (AvgIpc) is 3.18. The van der Waals surface area contributed by atoms with Crippen LogP contribution in [0.25, 0.3) is 0 Å². The fourth-order valence-electron chi connectivity index (χ4n) is 2.92. The maximum atomic E-state index is 12.3. The molecule has 0 aliphatic carbocycles. The molecule has 0 bridgehead atoms. The van der Waals surface area contributed by atoms with Gasteiger partial charge in [-0.05, 0) is 67.0 Å². The summed E-state index contributed by atoms with van der Waals surface area (Å²) >= 11 is 11.0. The van der Waals surface area contributed by atoms with Gasteiger partial charge < -0.3 is 15.5 Å². The van der Waals surface area contributed by atoms with E-state index in [-0.39, 0.29) is 23.3 Å². The van der Waals surface area contributed by atoms with E-state index in [2.05, 4.69) is 10.6 Å². The first-order valence-corrected chi connectivity index (χ1v) is 9.54. The molecule has 0 radical (unpaired) electrons. The average molecular weight is 402 g/mol. The number of nitrogens with one attached hydrogen (secondary N) is 2. The van der Waals surface area contributed by atoms with E-state index in [0.717, 1.165) is 31.5 Å². The van der Waals surface area contributed by atoms with Crippen molar-refractivity contribution in [3.63, 3.8) is 0 Å². The fraction of sp³-hybridized carbons (Fsp3) is 0.250. The van der Waals surface area contributed by atoms with Crippen molar-refractivity contribution in [2.24, 2.45) is 0 Å². The van der Waals surface area contributed by atoms with E-state index in [1.165, 1.54) is 0 Å². The van der Waals surface area contributed by atoms with Crippen molar-refractivity contribution in [1.29, 1.82) is 0 Å². The summed E-state index contributed by atoms with van der Waals surface area (Å²) in [7, 11) is 0. The predicted octanol–water partition coefficient (Wildman–Crippen LogP) is 3.63. The highest BCUT2D eigenvalue weighted by atomic mass is 35.5. The normalized spacial score (nSPS) is 13.3. The van der Waals surface area contributed by atoms with Crippen LogP contribution in [-0.2, 0) is 11.2 Å². The number of carbonyl (C=O) groups excluding carboxylic acids is 2. The van der Waals surface area contributed by atoms with E-state index >= 15 is 0 Å². The molecule has 3 rings (SSSR count). The van der Waals surface area contributed by atoms with Gasteiger partial charge in [-0.3, -0.25) is 9.59 Å². The molecule has 5 nitrogen and oxygen atoms in total. The van der Waals surface area contributed by atoms with Crippen molar-refractivity contribution < 1.29 is 9.59 Å². The first-order chi connectivity index (χ1) is 13.0. The molecule has 140 valence electrons. The lowest BCUT2D eigenvalue weighted by Gasteiger charge is -2.15. The number of benzene rings is 2. The number of halogens is 1. The maximum absolute atomic E-state index is 12.3. The smallest absolute Gasteiger partial charge is 0.253 e. The minimum atomic E-state index is -0.212. The van der Waals surface area contributed by atoms with Gasteiger partial charge in [0.2, 0.25) is 5.91 Å². The number of hydrogen-bond acceptors (Lipinski definition) is 3. The lowest BCUT2D eigenvalue weighted by Crippen LogP contribution is -2.35. The Morgan fingerprint density at radius 3 is 2.26 bits per heavy atom. The molecule has 1 aliphatic rings. The fourth-order valence-corrected chi connectivity index (χ4v) is 3.28. The van der Waals surface area contributed by atoms with Crippen LogP contribution in [-0.4, -0.2) is 34.9 Å². The van der Waals surface area contributed by atoms with Crippen LogP contribution in [0.3, 0.4) is 0 Å². The zero-order valence-electron chi connectivity index (χ0n) is 14.7. The molecule has 27 heavy (non-hydrogen) atoms. The largest absolute Gasteiger partial charge is 0.339 e. The van der Waals surface area contributed by atoms with Gasteiger partial charge >= 0.3 is 0 Å². The standard InChI is InChI=1S/C20H20ClN3O2S/c21-16-7-3-14(4-8-16)13-18(25)23-20(27)22-17-9-5-15(6-10-17)19(26)24-11-1-2-12-24/h3-10H,1-2,11-13H2,(H2,22,23,25,27). The Hall–Kier alpha value is -2.44. The molecule has 0 unspecified atom stereocenters. The second kappa shape index (κ2) is 8.97. The second-order valence-corrected chi connectivity index (χ2v) is 7.23. The van der Waals surface area contributed by atoms with E-state index in [1.54, 1.807) is 48.5 Å². The molecule has 7 heteroatoms. The highest BCUT2D eigenvalue weighted by molar-refractivity contribution is 7.80. The van der Waals surface area contributed by atoms with Crippen LogP contribution in [0.2, 0.25) is 5.02 Å². The number of anilines is 1. The summed E-state index contributed by atoms with van der Waals surface area (Å²) in [5.74, 6) is -0.159. The Balaban J connectivity index is 1.50. The third-order valence-corrected chi connectivity index (χ3v) is 4.77. The summed E-state index contributed by atoms with van der Waals surface area (Å²) in [6.07, 6.45) is 2.34. The van der Waals surface area contributed by atoms with Crippen LogP contribution < -0.4 is 10.6 Å². The Morgan fingerprint density at radius 2 is 1.63 bits per heavy atom. The zero-order valence-corrected chi connectivity index (χ0v) is 16.3. The van der Waals surface area contributed by atoms with Gasteiger partial charge in [0.15, 0.2) is 5.11 Å². The molecular formula is C20H20ClN3O2S. The highest BCUT2D eigenvalue weighted by Crippen LogP contribution is 2.15. The van der Waals surface area contributed by atoms with Crippen LogP contribution in [0.1, 0.15) is 28.8 Å². The number of hydrogen-bond donors (Lipinski definition) is 2. The maximum Gasteiger partial charge on any atom is 0.253 e. The number of rotatable bonds is 4. The van der Waals surface area contributed by atoms with Crippen LogP contribution in [0.4, 0.5) is 5.69 Å². The first-order valence-electron chi connectivity index (χ1n) is 8.76. The minimum Gasteiger partial charge on any atom is -0.339 e. The Morgan fingerprint density at radius 1 is 1.00 bits per heavy atom. The van der Waals surface area contributed by atoms with E-state index in [0.29, 0.717) is 16.3 Å². The molecule has 0 aromatic heterocycles. The Kier molecular flexibility index (Phi) is 6.42. The van der Waals surface area contributed by atoms with Crippen LogP contribution >= 0.6 is 23.8 Å². The second-order valence-electron chi connectivity index (χ2n) is 6.38. The SMILES string of the molecule is O=C(Cc1ccc(Cl)cc1)NC(=S)Nc1ccc(C(=O)N2CCCC2)cc1. The van der Waals surface area contributed by atoms with E-state index < -0.39 is 0 Å². The van der Waals surface area contributed by atoms with Crippen molar-refractivity contribution in [2.75, 3.05) is 18.4 Å². The van der Waals surface area contributed by atoms with Crippen molar-refractivity contribution in [3.05, 3.63) is 64.7 Å². The van der Waals surface area contributed by atoms with E-state index in [9.17, 15) is 9.59 Å². The summed E-state index contributed by atoms with van der Waals surface area (Å²) in [5, 5.41) is 6.45. The molecule has 0 atom stereocenters. The lowest BCUT2D eigenvalue weighted by molar-refractivity contribution is -0.119. The van der Waals surface area contributed by atoms with Gasteiger partial charge in [-0.25, -0.2) is 0 Å². The summed E-state index contributed by atoms with van der Waals surface area (Å²) in [5.41, 5.74) is 2.22. The van der Waals surface area contributed by atoms with Crippen LogP contribution in [0.5, 0.6) is 0 Å². The quantitative estimate of drug-likeness (QED) is 0.768. The van der Waals surface area contributed by atoms with Gasteiger partial charge in [-0.2, -0.15) is 0 Å². The van der Waals surface area contributed by atoms with Crippen molar-refractivity contribution in [1.82, 2.24) is 10.2 Å². The van der Waals surface area contributed by atoms with Gasteiger partial charge in [0.1, 0.15) is 0 Å². The van der Waals surface area contributed by atoms with Crippen molar-refractivity contribution in [3.8, 4) is 0 Å². The van der Waals surface area contributed by atoms with E-state index in [4.69, 9.17) is 23.8 Å². The molecule has 0 saturated carbocycles. The molecule has 1 saturated heterocycles. The Labute approximate surface area is 168 Å². The van der Waals surface area contributed by atoms with Crippen LogP contribution in [0, 0.1) is 0 Å². The Bertz CT molecular complexity index is 831. The number of amides is 2. The summed E-state index contributed by atoms with van der Waals surface area (Å²) in [4.78, 5) is 26.3. The minimum absolute atomic E-state index is 0.0536. The molecule has 2 amide bonds. The predicted molar refractivity (Wildman–Crippen MR) is 111 cm³/mol. The molecule has 2 aromatic rings. The summed E-state index contributed by atoms with van der Waals surface area (Å²) < 4.78 is 0. The molecule has 2 N–H and O–H groups in total.